The largest absolute Gasteiger partial charge is 0.370 e. The lowest BCUT2D eigenvalue weighted by Crippen LogP contribution is -2.50. The van der Waals surface area contributed by atoms with Crippen molar-refractivity contribution in [1.29, 1.82) is 0 Å². The molecule has 3 aromatic rings. The molecule has 0 N–H and O–H groups in total. The fourth-order valence-electron chi connectivity index (χ4n) is 4.27. The number of amides is 1. The van der Waals surface area contributed by atoms with E-state index in [4.69, 9.17) is 4.74 Å². The van der Waals surface area contributed by atoms with Crippen LogP contribution in [-0.4, -0.2) is 59.8 Å². The first-order valence-corrected chi connectivity index (χ1v) is 9.14. The van der Waals surface area contributed by atoms with Gasteiger partial charge in [-0.05, 0) is 26.3 Å². The van der Waals surface area contributed by atoms with Gasteiger partial charge in [-0.2, -0.15) is 5.10 Å². The molecule has 1 saturated heterocycles. The van der Waals surface area contributed by atoms with E-state index in [1.807, 2.05) is 36.5 Å². The molecule has 9 heteroatoms. The van der Waals surface area contributed by atoms with Gasteiger partial charge < -0.3 is 9.64 Å². The topological polar surface area (TPSA) is 91.0 Å². The van der Waals surface area contributed by atoms with Crippen LogP contribution < -0.4 is 0 Å². The van der Waals surface area contributed by atoms with Gasteiger partial charge in [0.15, 0.2) is 5.65 Å². The maximum atomic E-state index is 13.4. The number of carbonyl (C=O) groups is 1. The van der Waals surface area contributed by atoms with Crippen molar-refractivity contribution in [3.05, 3.63) is 34.9 Å². The fourth-order valence-corrected chi connectivity index (χ4v) is 4.27. The van der Waals surface area contributed by atoms with Crippen molar-refractivity contribution in [2.24, 2.45) is 7.05 Å². The molecule has 0 aliphatic carbocycles. The van der Waals surface area contributed by atoms with Gasteiger partial charge in [0.2, 0.25) is 0 Å². The highest BCUT2D eigenvalue weighted by Crippen LogP contribution is 2.31. The Bertz CT molecular complexity index is 1050. The number of rotatable bonds is 1. The third-order valence-corrected chi connectivity index (χ3v) is 5.54. The van der Waals surface area contributed by atoms with Crippen molar-refractivity contribution in [3.8, 4) is 0 Å². The molecule has 2 aliphatic rings. The van der Waals surface area contributed by atoms with Crippen molar-refractivity contribution in [2.75, 3.05) is 13.1 Å². The first kappa shape index (κ1) is 16.4. The molecule has 5 heterocycles. The van der Waals surface area contributed by atoms with E-state index in [0.717, 1.165) is 34.5 Å². The Morgan fingerprint density at radius 3 is 3.04 bits per heavy atom. The highest BCUT2D eigenvalue weighted by molar-refractivity contribution is 6.06. The van der Waals surface area contributed by atoms with Crippen LogP contribution in [0.1, 0.15) is 39.9 Å². The summed E-state index contributed by atoms with van der Waals surface area (Å²) in [5.74, 6) is 0.00675. The van der Waals surface area contributed by atoms with Crippen LogP contribution in [0.3, 0.4) is 0 Å². The van der Waals surface area contributed by atoms with E-state index in [9.17, 15) is 4.79 Å². The molecule has 5 rings (SSSR count). The van der Waals surface area contributed by atoms with E-state index in [0.29, 0.717) is 25.3 Å². The van der Waals surface area contributed by atoms with Gasteiger partial charge in [-0.1, -0.05) is 5.21 Å². The lowest BCUT2D eigenvalue weighted by molar-refractivity contribution is -0.0604. The molecule has 2 aliphatic heterocycles. The highest BCUT2D eigenvalue weighted by atomic mass is 16.5. The van der Waals surface area contributed by atoms with Gasteiger partial charge in [0.1, 0.15) is 0 Å². The van der Waals surface area contributed by atoms with Gasteiger partial charge in [0, 0.05) is 25.8 Å². The van der Waals surface area contributed by atoms with Crippen LogP contribution in [-0.2, 0) is 18.4 Å². The number of aromatic nitrogens is 6. The Balaban J connectivity index is 1.52. The SMILES string of the molecule is Cc1cc(C(=O)N2CCC3OCc4cnnn4C3C2)c2c(C)nn(C)c2n1. The minimum Gasteiger partial charge on any atom is -0.370 e. The summed E-state index contributed by atoms with van der Waals surface area (Å²) in [5, 5.41) is 13.5. The number of hydrogen-bond donors (Lipinski definition) is 0. The quantitative estimate of drug-likeness (QED) is 0.641. The minimum atomic E-state index is 0.00219. The second-order valence-electron chi connectivity index (χ2n) is 7.35. The molecule has 1 amide bonds. The van der Waals surface area contributed by atoms with E-state index in [1.54, 1.807) is 10.9 Å². The number of fused-ring (bicyclic) bond motifs is 4. The van der Waals surface area contributed by atoms with Crippen molar-refractivity contribution in [1.82, 2.24) is 34.7 Å². The van der Waals surface area contributed by atoms with Gasteiger partial charge in [0.25, 0.3) is 5.91 Å². The molecule has 0 aromatic carbocycles. The Hall–Kier alpha value is -2.81. The average Bonchev–Trinajstić information content (AvgIpc) is 3.25. The third kappa shape index (κ3) is 2.45. The predicted molar refractivity (Wildman–Crippen MR) is 96.1 cm³/mol. The lowest BCUT2D eigenvalue weighted by Gasteiger charge is -2.41. The summed E-state index contributed by atoms with van der Waals surface area (Å²) in [6, 6.07) is 1.87. The molecule has 1 fully saturated rings. The zero-order valence-corrected chi connectivity index (χ0v) is 15.6. The van der Waals surface area contributed by atoms with Crippen LogP contribution in [0, 0.1) is 13.8 Å². The van der Waals surface area contributed by atoms with Crippen molar-refractivity contribution in [2.45, 2.75) is 39.0 Å². The number of pyridine rings is 1. The molecule has 140 valence electrons. The van der Waals surface area contributed by atoms with Crippen LogP contribution in [0.5, 0.6) is 0 Å². The summed E-state index contributed by atoms with van der Waals surface area (Å²) < 4.78 is 9.60. The second kappa shape index (κ2) is 5.85. The summed E-state index contributed by atoms with van der Waals surface area (Å²) in [5.41, 5.74) is 3.99. The number of carbonyl (C=O) groups excluding carboxylic acids is 1. The van der Waals surface area contributed by atoms with Crippen LogP contribution >= 0.6 is 0 Å². The van der Waals surface area contributed by atoms with Crippen LogP contribution in [0.15, 0.2) is 12.3 Å². The summed E-state index contributed by atoms with van der Waals surface area (Å²) in [6.07, 6.45) is 2.59. The molecular formula is C18H21N7O2. The monoisotopic (exact) mass is 367 g/mol. The zero-order chi connectivity index (χ0) is 18.7. The number of hydrogen-bond acceptors (Lipinski definition) is 6. The third-order valence-electron chi connectivity index (χ3n) is 5.54. The normalized spacial score (nSPS) is 22.0. The molecule has 0 saturated carbocycles. The molecule has 0 bridgehead atoms. The average molecular weight is 367 g/mol. The Morgan fingerprint density at radius 2 is 2.19 bits per heavy atom. The fraction of sp³-hybridized carbons (Fsp3) is 0.500. The standard InChI is InChI=1S/C18H21N7O2/c1-10-6-13(16-11(2)21-23(3)17(16)20-10)18(26)24-5-4-15-14(8-24)25-12(9-27-15)7-19-22-25/h6-7,14-15H,4-5,8-9H2,1-3H3. The first-order chi connectivity index (χ1) is 13.0. The number of aryl methyl sites for hydroxylation is 3. The van der Waals surface area contributed by atoms with Crippen LogP contribution in [0.25, 0.3) is 11.0 Å². The molecule has 3 aromatic heterocycles. The Morgan fingerprint density at radius 1 is 1.33 bits per heavy atom. The van der Waals surface area contributed by atoms with E-state index in [1.165, 1.54) is 0 Å². The summed E-state index contributed by atoms with van der Waals surface area (Å²) in [6.45, 7) is 5.57. The number of likely N-dealkylation sites (tertiary alicyclic amines) is 1. The molecule has 27 heavy (non-hydrogen) atoms. The second-order valence-corrected chi connectivity index (χ2v) is 7.35. The number of piperidine rings is 1. The molecule has 9 nitrogen and oxygen atoms in total. The van der Waals surface area contributed by atoms with E-state index < -0.39 is 0 Å². The maximum absolute atomic E-state index is 13.4. The summed E-state index contributed by atoms with van der Waals surface area (Å²) >= 11 is 0. The van der Waals surface area contributed by atoms with Gasteiger partial charge in [0.05, 0.1) is 47.3 Å². The lowest BCUT2D eigenvalue weighted by atomic mass is 9.99. The molecule has 0 radical (unpaired) electrons. The smallest absolute Gasteiger partial charge is 0.254 e. The molecule has 2 atom stereocenters. The highest BCUT2D eigenvalue weighted by Gasteiger charge is 2.38. The van der Waals surface area contributed by atoms with Crippen LogP contribution in [0.2, 0.25) is 0 Å². The Kier molecular flexibility index (Phi) is 3.55. The molecular weight excluding hydrogens is 346 g/mol. The van der Waals surface area contributed by atoms with Crippen LogP contribution in [0.4, 0.5) is 0 Å². The van der Waals surface area contributed by atoms with Gasteiger partial charge in [-0.3, -0.25) is 9.48 Å². The van der Waals surface area contributed by atoms with Crippen molar-refractivity contribution >= 4 is 16.9 Å². The van der Waals surface area contributed by atoms with Gasteiger partial charge in [-0.15, -0.1) is 5.10 Å². The Labute approximate surface area is 155 Å². The molecule has 2 unspecified atom stereocenters. The maximum Gasteiger partial charge on any atom is 0.254 e. The van der Waals surface area contributed by atoms with E-state index in [-0.39, 0.29) is 18.1 Å². The van der Waals surface area contributed by atoms with E-state index in [2.05, 4.69) is 20.4 Å². The zero-order valence-electron chi connectivity index (χ0n) is 15.6. The minimum absolute atomic E-state index is 0.00219. The molecule has 0 spiro atoms. The predicted octanol–water partition coefficient (Wildman–Crippen LogP) is 1.16. The van der Waals surface area contributed by atoms with E-state index >= 15 is 0 Å². The number of nitrogens with zero attached hydrogens (tertiary/aromatic N) is 7. The summed E-state index contributed by atoms with van der Waals surface area (Å²) in [4.78, 5) is 19.9. The first-order valence-electron chi connectivity index (χ1n) is 9.14. The van der Waals surface area contributed by atoms with Gasteiger partial charge in [-0.25, -0.2) is 9.67 Å². The summed E-state index contributed by atoms with van der Waals surface area (Å²) in [7, 11) is 1.85. The van der Waals surface area contributed by atoms with Crippen molar-refractivity contribution in [3.63, 3.8) is 0 Å². The number of ether oxygens (including phenoxy) is 1. The van der Waals surface area contributed by atoms with Gasteiger partial charge >= 0.3 is 0 Å². The van der Waals surface area contributed by atoms with Crippen molar-refractivity contribution < 1.29 is 9.53 Å².